The molecule has 1 saturated carbocycles. The van der Waals surface area contributed by atoms with Crippen molar-refractivity contribution < 1.29 is 57.1 Å². The van der Waals surface area contributed by atoms with E-state index in [0.29, 0.717) is 12.2 Å². The van der Waals surface area contributed by atoms with Crippen LogP contribution in [0, 0.1) is 0 Å². The lowest BCUT2D eigenvalue weighted by Gasteiger charge is -2.43. The second kappa shape index (κ2) is 12.2. The summed E-state index contributed by atoms with van der Waals surface area (Å²) in [5.74, 6) is -4.30. The Balaban J connectivity index is 1.85. The number of carbonyl (C=O) groups excluding carboxylic acids is 5. The van der Waals surface area contributed by atoms with Crippen LogP contribution in [0.15, 0.2) is 24.3 Å². The molecule has 0 spiro atoms. The van der Waals surface area contributed by atoms with E-state index >= 15 is 0 Å². The zero-order chi connectivity index (χ0) is 30.0. The Hall–Kier alpha value is -3.09. The van der Waals surface area contributed by atoms with Crippen LogP contribution in [0.3, 0.4) is 0 Å². The van der Waals surface area contributed by atoms with Gasteiger partial charge in [-0.1, -0.05) is 12.1 Å². The maximum Gasteiger partial charge on any atom is 0.352 e. The Labute approximate surface area is 240 Å². The first kappa shape index (κ1) is 31.4. The predicted octanol–water partition coefficient (Wildman–Crippen LogP) is 2.74. The number of carbonyl (C=O) groups is 5. The molecule has 14 heteroatoms. The van der Waals surface area contributed by atoms with E-state index in [1.807, 2.05) is 0 Å². The number of ether oxygens (including phenoxy) is 7. The van der Waals surface area contributed by atoms with Gasteiger partial charge in [-0.3, -0.25) is 14.4 Å². The molecule has 1 heterocycles. The van der Waals surface area contributed by atoms with Crippen LogP contribution in [-0.4, -0.2) is 77.6 Å². The molecule has 3 rings (SSSR count). The average Bonchev–Trinajstić information content (AvgIpc) is 3.49. The average molecular weight is 605 g/mol. The molecule has 1 aliphatic heterocycles. The second-order valence-electron chi connectivity index (χ2n) is 9.77. The number of esters is 5. The normalized spacial score (nSPS) is 27.0. The van der Waals surface area contributed by atoms with E-state index in [-0.39, 0.29) is 5.92 Å². The maximum absolute atomic E-state index is 13.3. The number of hydrogen-bond donors (Lipinski definition) is 0. The minimum Gasteiger partial charge on any atom is -0.476 e. The molecule has 1 aromatic rings. The Morgan fingerprint density at radius 2 is 1.35 bits per heavy atom. The highest BCUT2D eigenvalue weighted by Crippen LogP contribution is 2.59. The summed E-state index contributed by atoms with van der Waals surface area (Å²) in [4.78, 5) is 61.4. The van der Waals surface area contributed by atoms with E-state index in [9.17, 15) is 24.0 Å². The minimum absolute atomic E-state index is 0.00625. The first-order chi connectivity index (χ1) is 18.6. The summed E-state index contributed by atoms with van der Waals surface area (Å²) in [5, 5.41) is 0. The van der Waals surface area contributed by atoms with Gasteiger partial charge in [0.05, 0.1) is 7.11 Å². The van der Waals surface area contributed by atoms with Crippen LogP contribution in [0.1, 0.15) is 52.5 Å². The lowest BCUT2D eigenvalue weighted by molar-refractivity contribution is -0.297. The van der Waals surface area contributed by atoms with E-state index in [1.165, 1.54) is 13.8 Å². The largest absolute Gasteiger partial charge is 0.476 e. The van der Waals surface area contributed by atoms with E-state index < -0.39 is 70.5 Å². The number of benzene rings is 1. The van der Waals surface area contributed by atoms with Gasteiger partial charge in [-0.15, -0.1) is 23.2 Å². The van der Waals surface area contributed by atoms with E-state index in [0.717, 1.165) is 33.4 Å². The zero-order valence-corrected chi connectivity index (χ0v) is 24.1. The molecule has 12 nitrogen and oxygen atoms in total. The third-order valence-corrected chi connectivity index (χ3v) is 6.87. The molecule has 0 bridgehead atoms. The molecule has 220 valence electrons. The van der Waals surface area contributed by atoms with Crippen molar-refractivity contribution in [3.63, 3.8) is 0 Å². The number of hydrogen-bond acceptors (Lipinski definition) is 12. The lowest BCUT2D eigenvalue weighted by atomic mass is 9.97. The standard InChI is InChI=1S/C26H30Cl2O12/c1-12(29)35-18-19(36-13(2)30)21(37-14(3)31)23(38-20(18)22(32)34-6)39-24(33)25(4,5)40-16-9-7-15(8-10-16)17-11-26(17,27)28/h7-10,17-21,23H,11H2,1-6H3/t17?,18-,19-,20-,21+,23-/m0/s1. The van der Waals surface area contributed by atoms with Crippen LogP contribution in [0.4, 0.5) is 0 Å². The van der Waals surface area contributed by atoms with Crippen molar-refractivity contribution in [2.75, 3.05) is 7.11 Å². The molecular weight excluding hydrogens is 575 g/mol. The van der Waals surface area contributed by atoms with E-state index in [2.05, 4.69) is 0 Å². The molecule has 40 heavy (non-hydrogen) atoms. The minimum atomic E-state index is -1.79. The predicted molar refractivity (Wildman–Crippen MR) is 136 cm³/mol. The number of rotatable bonds is 9. The quantitative estimate of drug-likeness (QED) is 0.231. The molecule has 1 saturated heterocycles. The van der Waals surface area contributed by atoms with Gasteiger partial charge in [-0.05, 0) is 38.0 Å². The van der Waals surface area contributed by atoms with Crippen molar-refractivity contribution in [1.82, 2.24) is 0 Å². The summed E-state index contributed by atoms with van der Waals surface area (Å²) in [6.45, 7) is 5.97. The van der Waals surface area contributed by atoms with Crippen LogP contribution in [0.2, 0.25) is 0 Å². The molecule has 6 atom stereocenters. The number of alkyl halides is 2. The number of methoxy groups -OCH3 is 1. The Bertz CT molecular complexity index is 1150. The molecular formula is C26H30Cl2O12. The number of halogens is 2. The van der Waals surface area contributed by atoms with Crippen molar-refractivity contribution in [2.24, 2.45) is 0 Å². The smallest absolute Gasteiger partial charge is 0.352 e. The molecule has 1 aromatic carbocycles. The van der Waals surface area contributed by atoms with Gasteiger partial charge in [0, 0.05) is 26.7 Å². The fourth-order valence-corrected chi connectivity index (χ4v) is 4.66. The molecule has 0 N–H and O–H groups in total. The summed E-state index contributed by atoms with van der Waals surface area (Å²) in [6.07, 6.45) is -7.71. The van der Waals surface area contributed by atoms with Gasteiger partial charge in [0.1, 0.15) is 10.1 Å². The molecule has 0 amide bonds. The van der Waals surface area contributed by atoms with E-state index in [4.69, 9.17) is 56.4 Å². The molecule has 1 aliphatic carbocycles. The second-order valence-corrected chi connectivity index (χ2v) is 11.3. The maximum atomic E-state index is 13.3. The molecule has 2 aliphatic rings. The molecule has 1 unspecified atom stereocenters. The SMILES string of the molecule is COC(=O)[C@H]1O[C@@H](OC(=O)C(C)(C)Oc2ccc(C3CC3(Cl)Cl)cc2)[C@H](OC(C)=O)[C@@H](OC(C)=O)[C@@H]1OC(C)=O. The van der Waals surface area contributed by atoms with Crippen LogP contribution >= 0.6 is 23.2 Å². The van der Waals surface area contributed by atoms with Crippen molar-refractivity contribution in [3.05, 3.63) is 29.8 Å². The third kappa shape index (κ3) is 7.55. The highest BCUT2D eigenvalue weighted by atomic mass is 35.5. The first-order valence-corrected chi connectivity index (χ1v) is 12.9. The third-order valence-electron chi connectivity index (χ3n) is 6.03. The van der Waals surface area contributed by atoms with Gasteiger partial charge in [0.2, 0.25) is 12.4 Å². The van der Waals surface area contributed by atoms with Crippen LogP contribution in [0.25, 0.3) is 0 Å². The molecule has 2 fully saturated rings. The van der Waals surface area contributed by atoms with Gasteiger partial charge in [-0.2, -0.15) is 0 Å². The Morgan fingerprint density at radius 3 is 1.82 bits per heavy atom. The summed E-state index contributed by atoms with van der Waals surface area (Å²) >= 11 is 12.2. The molecule has 0 aromatic heterocycles. The highest BCUT2D eigenvalue weighted by Gasteiger charge is 2.57. The monoisotopic (exact) mass is 604 g/mol. The van der Waals surface area contributed by atoms with Crippen LogP contribution in [-0.2, 0) is 52.4 Å². The van der Waals surface area contributed by atoms with Crippen LogP contribution in [0.5, 0.6) is 5.75 Å². The summed E-state index contributed by atoms with van der Waals surface area (Å²) in [7, 11) is 1.04. The fraction of sp³-hybridized carbons (Fsp3) is 0.577. The Morgan fingerprint density at radius 1 is 0.850 bits per heavy atom. The Kier molecular flexibility index (Phi) is 9.58. The van der Waals surface area contributed by atoms with Crippen molar-refractivity contribution in [2.45, 2.75) is 87.6 Å². The fourth-order valence-electron chi connectivity index (χ4n) is 4.10. The first-order valence-electron chi connectivity index (χ1n) is 12.2. The summed E-state index contributed by atoms with van der Waals surface area (Å²) in [6, 6.07) is 6.82. The van der Waals surface area contributed by atoms with Crippen molar-refractivity contribution in [1.29, 1.82) is 0 Å². The highest BCUT2D eigenvalue weighted by molar-refractivity contribution is 6.51. The van der Waals surface area contributed by atoms with Gasteiger partial charge >= 0.3 is 29.8 Å². The van der Waals surface area contributed by atoms with Crippen molar-refractivity contribution >= 4 is 53.0 Å². The summed E-state index contributed by atoms with van der Waals surface area (Å²) < 4.78 is 36.6. The van der Waals surface area contributed by atoms with Gasteiger partial charge < -0.3 is 33.2 Å². The zero-order valence-electron chi connectivity index (χ0n) is 22.6. The molecule has 0 radical (unpaired) electrons. The topological polar surface area (TPSA) is 150 Å². The van der Waals surface area contributed by atoms with Gasteiger partial charge in [0.15, 0.2) is 23.9 Å². The lowest BCUT2D eigenvalue weighted by Crippen LogP contribution is -2.64. The van der Waals surface area contributed by atoms with Gasteiger partial charge in [0.25, 0.3) is 0 Å². The van der Waals surface area contributed by atoms with Gasteiger partial charge in [-0.25, -0.2) is 9.59 Å². The van der Waals surface area contributed by atoms with E-state index in [1.54, 1.807) is 24.3 Å². The van der Waals surface area contributed by atoms with Crippen molar-refractivity contribution in [3.8, 4) is 5.75 Å². The summed E-state index contributed by atoms with van der Waals surface area (Å²) in [5.41, 5.74) is -0.719. The van der Waals surface area contributed by atoms with Crippen LogP contribution < -0.4 is 4.74 Å².